The van der Waals surface area contributed by atoms with E-state index in [1.54, 1.807) is 0 Å². The molecule has 0 N–H and O–H groups in total. The van der Waals surface area contributed by atoms with E-state index in [1.807, 2.05) is 0 Å². The van der Waals surface area contributed by atoms with Crippen molar-refractivity contribution in [2.75, 3.05) is 0 Å². The van der Waals surface area contributed by atoms with Gasteiger partial charge in [-0.2, -0.15) is 0 Å². The highest BCUT2D eigenvalue weighted by atomic mass is 14.3. The fraction of sp³-hybridized carbons (Fsp3) is 1.00. The highest BCUT2D eigenvalue weighted by Crippen LogP contribution is 2.36. The molecule has 0 saturated heterocycles. The zero-order valence-corrected chi connectivity index (χ0v) is 9.80. The van der Waals surface area contributed by atoms with Crippen LogP contribution in [-0.4, -0.2) is 0 Å². The SMILES string of the molecule is CC(CCCCC1CCC1)C1CCC1. The lowest BCUT2D eigenvalue weighted by Crippen LogP contribution is -2.19. The zero-order chi connectivity index (χ0) is 9.80. The maximum Gasteiger partial charge on any atom is -0.0388 e. The molecular formula is C14H26. The van der Waals surface area contributed by atoms with E-state index < -0.39 is 0 Å². The number of rotatable bonds is 6. The Hall–Kier alpha value is 0. The topological polar surface area (TPSA) is 0 Å². The molecule has 0 heteroatoms. The molecule has 0 aromatic carbocycles. The summed E-state index contributed by atoms with van der Waals surface area (Å²) in [4.78, 5) is 0. The van der Waals surface area contributed by atoms with Gasteiger partial charge in [0.05, 0.1) is 0 Å². The molecule has 1 atom stereocenters. The monoisotopic (exact) mass is 194 g/mol. The van der Waals surface area contributed by atoms with Gasteiger partial charge in [0.2, 0.25) is 0 Å². The lowest BCUT2D eigenvalue weighted by molar-refractivity contribution is 0.203. The van der Waals surface area contributed by atoms with Crippen LogP contribution in [0.15, 0.2) is 0 Å². The number of hydrogen-bond acceptors (Lipinski definition) is 0. The van der Waals surface area contributed by atoms with Crippen molar-refractivity contribution >= 4 is 0 Å². The third-order valence-corrected chi connectivity index (χ3v) is 4.70. The van der Waals surface area contributed by atoms with Gasteiger partial charge in [-0.15, -0.1) is 0 Å². The average molecular weight is 194 g/mol. The van der Waals surface area contributed by atoms with Crippen molar-refractivity contribution in [1.82, 2.24) is 0 Å². The van der Waals surface area contributed by atoms with Crippen LogP contribution in [0.4, 0.5) is 0 Å². The first-order chi connectivity index (χ1) is 6.86. The van der Waals surface area contributed by atoms with Crippen molar-refractivity contribution in [3.05, 3.63) is 0 Å². The lowest BCUT2D eigenvalue weighted by atomic mass is 9.74. The molecule has 2 rings (SSSR count). The molecule has 0 aromatic heterocycles. The van der Waals surface area contributed by atoms with Gasteiger partial charge >= 0.3 is 0 Å². The Balaban J connectivity index is 1.45. The van der Waals surface area contributed by atoms with Crippen LogP contribution in [-0.2, 0) is 0 Å². The van der Waals surface area contributed by atoms with Gasteiger partial charge in [-0.3, -0.25) is 0 Å². The quantitative estimate of drug-likeness (QED) is 0.534. The molecule has 0 radical (unpaired) electrons. The fourth-order valence-electron chi connectivity index (χ4n) is 2.93. The standard InChI is InChI=1S/C14H26/c1-12(14-10-5-11-14)6-2-3-7-13-8-4-9-13/h12-14H,2-11H2,1H3. The molecule has 0 bridgehead atoms. The predicted octanol–water partition coefficient (Wildman–Crippen LogP) is 4.78. The average Bonchev–Trinajstić information content (AvgIpc) is 1.97. The van der Waals surface area contributed by atoms with Crippen molar-refractivity contribution in [2.45, 2.75) is 71.1 Å². The van der Waals surface area contributed by atoms with Crippen LogP contribution in [0.2, 0.25) is 0 Å². The summed E-state index contributed by atoms with van der Waals surface area (Å²) in [5, 5.41) is 0. The maximum absolute atomic E-state index is 2.48. The van der Waals surface area contributed by atoms with Crippen LogP contribution in [0.3, 0.4) is 0 Å². The summed E-state index contributed by atoms with van der Waals surface area (Å²) in [5.41, 5.74) is 0. The molecule has 82 valence electrons. The van der Waals surface area contributed by atoms with Gasteiger partial charge in [0.25, 0.3) is 0 Å². The zero-order valence-electron chi connectivity index (χ0n) is 9.80. The summed E-state index contributed by atoms with van der Waals surface area (Å²) < 4.78 is 0. The van der Waals surface area contributed by atoms with E-state index in [1.165, 1.54) is 64.2 Å². The molecule has 0 aliphatic heterocycles. The highest BCUT2D eigenvalue weighted by molar-refractivity contribution is 4.75. The van der Waals surface area contributed by atoms with Gasteiger partial charge in [0.15, 0.2) is 0 Å². The van der Waals surface area contributed by atoms with E-state index in [4.69, 9.17) is 0 Å². The molecular weight excluding hydrogens is 168 g/mol. The Morgan fingerprint density at radius 1 is 1.00 bits per heavy atom. The van der Waals surface area contributed by atoms with E-state index in [2.05, 4.69) is 6.92 Å². The molecule has 0 aromatic rings. The van der Waals surface area contributed by atoms with Gasteiger partial charge in [0, 0.05) is 0 Å². The summed E-state index contributed by atoms with van der Waals surface area (Å²) in [6.07, 6.45) is 15.2. The Labute approximate surface area is 89.5 Å². The predicted molar refractivity (Wildman–Crippen MR) is 62.3 cm³/mol. The van der Waals surface area contributed by atoms with E-state index in [9.17, 15) is 0 Å². The van der Waals surface area contributed by atoms with Crippen molar-refractivity contribution in [1.29, 1.82) is 0 Å². The lowest BCUT2D eigenvalue weighted by Gasteiger charge is -2.31. The van der Waals surface area contributed by atoms with Crippen LogP contribution in [0, 0.1) is 17.8 Å². The molecule has 2 fully saturated rings. The molecule has 0 heterocycles. The fourth-order valence-corrected chi connectivity index (χ4v) is 2.93. The molecule has 1 unspecified atom stereocenters. The summed E-state index contributed by atoms with van der Waals surface area (Å²) in [6, 6.07) is 0. The van der Waals surface area contributed by atoms with Gasteiger partial charge < -0.3 is 0 Å². The Kier molecular flexibility index (Phi) is 3.89. The summed E-state index contributed by atoms with van der Waals surface area (Å²) >= 11 is 0. The summed E-state index contributed by atoms with van der Waals surface area (Å²) in [6.45, 7) is 2.48. The van der Waals surface area contributed by atoms with E-state index >= 15 is 0 Å². The first kappa shape index (κ1) is 10.5. The van der Waals surface area contributed by atoms with Crippen LogP contribution in [0.25, 0.3) is 0 Å². The molecule has 2 aliphatic rings. The van der Waals surface area contributed by atoms with Crippen molar-refractivity contribution in [3.63, 3.8) is 0 Å². The minimum atomic E-state index is 1.03. The van der Waals surface area contributed by atoms with Crippen LogP contribution >= 0.6 is 0 Å². The highest BCUT2D eigenvalue weighted by Gasteiger charge is 2.23. The van der Waals surface area contributed by atoms with Crippen molar-refractivity contribution in [2.24, 2.45) is 17.8 Å². The second kappa shape index (κ2) is 5.19. The largest absolute Gasteiger partial charge is 0.0622 e. The summed E-state index contributed by atoms with van der Waals surface area (Å²) in [7, 11) is 0. The normalized spacial score (nSPS) is 25.5. The number of hydrogen-bond donors (Lipinski definition) is 0. The van der Waals surface area contributed by atoms with Gasteiger partial charge in [-0.05, 0) is 17.8 Å². The molecule has 2 aliphatic carbocycles. The Morgan fingerprint density at radius 3 is 2.21 bits per heavy atom. The summed E-state index contributed by atoms with van der Waals surface area (Å²) in [5.74, 6) is 3.28. The third kappa shape index (κ3) is 2.74. The minimum absolute atomic E-state index is 1.03. The Morgan fingerprint density at radius 2 is 1.71 bits per heavy atom. The van der Waals surface area contributed by atoms with E-state index in [0.29, 0.717) is 0 Å². The third-order valence-electron chi connectivity index (χ3n) is 4.70. The van der Waals surface area contributed by atoms with E-state index in [0.717, 1.165) is 17.8 Å². The van der Waals surface area contributed by atoms with Crippen LogP contribution in [0.1, 0.15) is 71.1 Å². The minimum Gasteiger partial charge on any atom is -0.0622 e. The Bertz CT molecular complexity index is 153. The van der Waals surface area contributed by atoms with Crippen LogP contribution in [0.5, 0.6) is 0 Å². The molecule has 0 spiro atoms. The van der Waals surface area contributed by atoms with Gasteiger partial charge in [-0.25, -0.2) is 0 Å². The van der Waals surface area contributed by atoms with Gasteiger partial charge in [0.1, 0.15) is 0 Å². The van der Waals surface area contributed by atoms with Gasteiger partial charge in [-0.1, -0.05) is 71.1 Å². The molecule has 2 saturated carbocycles. The van der Waals surface area contributed by atoms with Crippen LogP contribution < -0.4 is 0 Å². The first-order valence-corrected chi connectivity index (χ1v) is 6.86. The number of unbranched alkanes of at least 4 members (excludes halogenated alkanes) is 1. The maximum atomic E-state index is 2.48. The first-order valence-electron chi connectivity index (χ1n) is 6.86. The van der Waals surface area contributed by atoms with Crippen molar-refractivity contribution in [3.8, 4) is 0 Å². The molecule has 14 heavy (non-hydrogen) atoms. The smallest absolute Gasteiger partial charge is 0.0388 e. The van der Waals surface area contributed by atoms with E-state index in [-0.39, 0.29) is 0 Å². The second-order valence-electron chi connectivity index (χ2n) is 5.75. The van der Waals surface area contributed by atoms with Crippen molar-refractivity contribution < 1.29 is 0 Å². The second-order valence-corrected chi connectivity index (χ2v) is 5.75. The molecule has 0 nitrogen and oxygen atoms in total. The molecule has 0 amide bonds.